The van der Waals surface area contributed by atoms with E-state index < -0.39 is 0 Å². The molecule has 2 unspecified atom stereocenters. The summed E-state index contributed by atoms with van der Waals surface area (Å²) in [5.41, 5.74) is 5.46. The lowest BCUT2D eigenvalue weighted by atomic mass is 9.95. The number of hydrogen-bond donors (Lipinski definition) is 2. The number of primary amides is 1. The third kappa shape index (κ3) is 4.25. The molecule has 1 aliphatic carbocycles. The Bertz CT molecular complexity index is 278. The van der Waals surface area contributed by atoms with Crippen LogP contribution in [-0.2, 0) is 4.79 Å². The number of nitrogens with two attached hydrogens (primary N) is 1. The van der Waals surface area contributed by atoms with E-state index in [2.05, 4.69) is 17.1 Å². The fraction of sp³-hybridized carbons (Fsp3) is 0.929. The molecular formula is C14H27N3O. The number of carbonyl (C=O) groups is 1. The lowest BCUT2D eigenvalue weighted by molar-refractivity contribution is -0.120. The molecule has 1 saturated heterocycles. The van der Waals surface area contributed by atoms with Crippen molar-refractivity contribution in [1.29, 1.82) is 0 Å². The van der Waals surface area contributed by atoms with Gasteiger partial charge in [0.05, 0.1) is 6.04 Å². The van der Waals surface area contributed by atoms with Gasteiger partial charge in [-0.05, 0) is 44.6 Å². The van der Waals surface area contributed by atoms with Crippen LogP contribution in [0.3, 0.4) is 0 Å². The minimum atomic E-state index is -0.189. The minimum Gasteiger partial charge on any atom is -0.368 e. The molecule has 1 amide bonds. The Morgan fingerprint density at radius 2 is 2.22 bits per heavy atom. The summed E-state index contributed by atoms with van der Waals surface area (Å²) in [7, 11) is 0. The molecule has 1 saturated carbocycles. The Balaban J connectivity index is 1.72. The third-order valence-electron chi connectivity index (χ3n) is 4.27. The van der Waals surface area contributed by atoms with Gasteiger partial charge in [-0.3, -0.25) is 4.79 Å². The van der Waals surface area contributed by atoms with Gasteiger partial charge in [0.1, 0.15) is 0 Å². The normalized spacial score (nSPS) is 27.1. The zero-order valence-corrected chi connectivity index (χ0v) is 11.5. The van der Waals surface area contributed by atoms with E-state index in [4.69, 9.17) is 5.73 Å². The van der Waals surface area contributed by atoms with Crippen LogP contribution in [0.15, 0.2) is 0 Å². The summed E-state index contributed by atoms with van der Waals surface area (Å²) < 4.78 is 0. The monoisotopic (exact) mass is 253 g/mol. The van der Waals surface area contributed by atoms with Gasteiger partial charge in [0.15, 0.2) is 0 Å². The molecule has 4 heteroatoms. The smallest absolute Gasteiger partial charge is 0.234 e. The van der Waals surface area contributed by atoms with Crippen molar-refractivity contribution in [1.82, 2.24) is 10.2 Å². The highest BCUT2D eigenvalue weighted by atomic mass is 16.1. The van der Waals surface area contributed by atoms with Crippen molar-refractivity contribution >= 4 is 5.91 Å². The van der Waals surface area contributed by atoms with E-state index in [9.17, 15) is 4.79 Å². The molecule has 1 aliphatic heterocycles. The van der Waals surface area contributed by atoms with Gasteiger partial charge in [-0.1, -0.05) is 13.3 Å². The third-order valence-corrected chi connectivity index (χ3v) is 4.27. The van der Waals surface area contributed by atoms with Gasteiger partial charge in [0.2, 0.25) is 5.91 Å². The lowest BCUT2D eigenvalue weighted by Gasteiger charge is -2.33. The van der Waals surface area contributed by atoms with Crippen molar-refractivity contribution < 1.29 is 4.79 Å². The zero-order chi connectivity index (χ0) is 13.0. The Kier molecular flexibility index (Phi) is 5.01. The molecule has 2 fully saturated rings. The van der Waals surface area contributed by atoms with Crippen molar-refractivity contribution in [3.05, 3.63) is 0 Å². The number of carbonyl (C=O) groups excluding carboxylic acids is 1. The second-order valence-corrected chi connectivity index (χ2v) is 5.90. The molecule has 0 spiro atoms. The van der Waals surface area contributed by atoms with Crippen LogP contribution in [0, 0.1) is 5.92 Å². The Morgan fingerprint density at radius 1 is 1.44 bits per heavy atom. The summed E-state index contributed by atoms with van der Waals surface area (Å²) in [4.78, 5) is 13.9. The van der Waals surface area contributed by atoms with Gasteiger partial charge >= 0.3 is 0 Å². The molecule has 3 N–H and O–H groups in total. The average Bonchev–Trinajstić information content (AvgIpc) is 3.18. The Morgan fingerprint density at radius 3 is 2.83 bits per heavy atom. The van der Waals surface area contributed by atoms with Crippen LogP contribution in [-0.4, -0.2) is 42.5 Å². The van der Waals surface area contributed by atoms with E-state index in [0.717, 1.165) is 18.9 Å². The van der Waals surface area contributed by atoms with E-state index in [0.29, 0.717) is 6.04 Å². The first-order valence-corrected chi connectivity index (χ1v) is 7.46. The van der Waals surface area contributed by atoms with Gasteiger partial charge < -0.3 is 16.0 Å². The molecule has 18 heavy (non-hydrogen) atoms. The highest BCUT2D eigenvalue weighted by Crippen LogP contribution is 2.21. The van der Waals surface area contributed by atoms with Crippen molar-refractivity contribution in [2.24, 2.45) is 11.7 Å². The molecule has 0 bridgehead atoms. The van der Waals surface area contributed by atoms with Crippen LogP contribution >= 0.6 is 0 Å². The van der Waals surface area contributed by atoms with E-state index in [1.54, 1.807) is 0 Å². The van der Waals surface area contributed by atoms with Crippen LogP contribution in [0.4, 0.5) is 0 Å². The predicted molar refractivity (Wildman–Crippen MR) is 73.2 cm³/mol. The zero-order valence-electron chi connectivity index (χ0n) is 11.5. The summed E-state index contributed by atoms with van der Waals surface area (Å²) in [5, 5.41) is 3.35. The maximum atomic E-state index is 11.4. The molecule has 1 heterocycles. The molecule has 0 aromatic heterocycles. The van der Waals surface area contributed by atoms with E-state index in [-0.39, 0.29) is 11.9 Å². The number of hydrogen-bond acceptors (Lipinski definition) is 3. The molecule has 2 aliphatic rings. The van der Waals surface area contributed by atoms with E-state index in [1.807, 2.05) is 0 Å². The first kappa shape index (κ1) is 13.8. The molecule has 104 valence electrons. The molecule has 0 radical (unpaired) electrons. The number of nitrogens with one attached hydrogen (secondary N) is 1. The van der Waals surface area contributed by atoms with Gasteiger partial charge in [-0.15, -0.1) is 0 Å². The molecule has 2 atom stereocenters. The van der Waals surface area contributed by atoms with Crippen molar-refractivity contribution in [3.8, 4) is 0 Å². The molecule has 4 nitrogen and oxygen atoms in total. The molecule has 0 aromatic carbocycles. The summed E-state index contributed by atoms with van der Waals surface area (Å²) in [6.45, 7) is 5.66. The standard InChI is InChI=1S/C14H27N3O/c1-2-11-4-3-8-17(10-11)9-7-13(14(15)18)16-12-5-6-12/h11-13,16H,2-10H2,1H3,(H2,15,18). The van der Waals surface area contributed by atoms with Gasteiger partial charge in [-0.2, -0.15) is 0 Å². The van der Waals surface area contributed by atoms with E-state index in [1.165, 1.54) is 45.2 Å². The Hall–Kier alpha value is -0.610. The fourth-order valence-corrected chi connectivity index (χ4v) is 2.84. The predicted octanol–water partition coefficient (Wildman–Crippen LogP) is 1.10. The summed E-state index contributed by atoms with van der Waals surface area (Å²) in [6, 6.07) is 0.423. The maximum Gasteiger partial charge on any atom is 0.234 e. The largest absolute Gasteiger partial charge is 0.368 e. The number of amides is 1. The second-order valence-electron chi connectivity index (χ2n) is 5.90. The molecule has 2 rings (SSSR count). The van der Waals surface area contributed by atoms with Gasteiger partial charge in [0, 0.05) is 19.1 Å². The number of likely N-dealkylation sites (tertiary alicyclic amines) is 1. The van der Waals surface area contributed by atoms with Crippen molar-refractivity contribution in [2.45, 2.75) is 57.5 Å². The topological polar surface area (TPSA) is 58.4 Å². The number of rotatable bonds is 7. The van der Waals surface area contributed by atoms with E-state index >= 15 is 0 Å². The van der Waals surface area contributed by atoms with Crippen molar-refractivity contribution in [2.75, 3.05) is 19.6 Å². The van der Waals surface area contributed by atoms with Crippen molar-refractivity contribution in [3.63, 3.8) is 0 Å². The lowest BCUT2D eigenvalue weighted by Crippen LogP contribution is -2.45. The first-order chi connectivity index (χ1) is 8.69. The van der Waals surface area contributed by atoms with Crippen LogP contribution in [0.25, 0.3) is 0 Å². The average molecular weight is 253 g/mol. The van der Waals surface area contributed by atoms with Gasteiger partial charge in [-0.25, -0.2) is 0 Å². The van der Waals surface area contributed by atoms with Crippen LogP contribution in [0.5, 0.6) is 0 Å². The second kappa shape index (κ2) is 6.53. The maximum absolute atomic E-state index is 11.4. The summed E-state index contributed by atoms with van der Waals surface area (Å²) in [5.74, 6) is 0.660. The summed E-state index contributed by atoms with van der Waals surface area (Å²) >= 11 is 0. The van der Waals surface area contributed by atoms with Gasteiger partial charge in [0.25, 0.3) is 0 Å². The number of piperidine rings is 1. The molecular weight excluding hydrogens is 226 g/mol. The number of nitrogens with zero attached hydrogens (tertiary/aromatic N) is 1. The highest BCUT2D eigenvalue weighted by molar-refractivity contribution is 5.79. The molecule has 0 aromatic rings. The SMILES string of the molecule is CCC1CCCN(CCC(NC2CC2)C(N)=O)C1. The fourth-order valence-electron chi connectivity index (χ4n) is 2.84. The summed E-state index contributed by atoms with van der Waals surface area (Å²) in [6.07, 6.45) is 7.21. The van der Waals surface area contributed by atoms with Crippen LogP contribution in [0.2, 0.25) is 0 Å². The highest BCUT2D eigenvalue weighted by Gasteiger charge is 2.28. The minimum absolute atomic E-state index is 0.125. The Labute approximate surface area is 110 Å². The van der Waals surface area contributed by atoms with Crippen LogP contribution in [0.1, 0.15) is 45.4 Å². The first-order valence-electron chi connectivity index (χ1n) is 7.46. The quantitative estimate of drug-likeness (QED) is 0.714. The van der Waals surface area contributed by atoms with Crippen LogP contribution < -0.4 is 11.1 Å².